The topological polar surface area (TPSA) is 45.5 Å². The molecule has 0 spiro atoms. The van der Waals surface area contributed by atoms with E-state index in [0.717, 1.165) is 89.8 Å². The van der Waals surface area contributed by atoms with Gasteiger partial charge in [0.15, 0.2) is 0 Å². The van der Waals surface area contributed by atoms with E-state index in [1.165, 1.54) is 0 Å². The van der Waals surface area contributed by atoms with Gasteiger partial charge in [-0.05, 0) is 88.5 Å². The van der Waals surface area contributed by atoms with E-state index in [2.05, 4.69) is 134 Å². The van der Waals surface area contributed by atoms with E-state index in [1.807, 2.05) is 42.5 Å². The Kier molecular flexibility index (Phi) is 7.03. The molecule has 4 nitrogen and oxygen atoms in total. The minimum absolute atomic E-state index is 0.0771. The summed E-state index contributed by atoms with van der Waals surface area (Å²) in [5, 5.41) is 9.89. The van der Waals surface area contributed by atoms with Crippen LogP contribution in [-0.4, -0.2) is 6.71 Å². The number of fused-ring (bicyclic) bond motifs is 4. The summed E-state index contributed by atoms with van der Waals surface area (Å²) >= 11 is 0. The smallest absolute Gasteiger partial charge is 0.260 e. The molecule has 0 saturated heterocycles. The fourth-order valence-corrected chi connectivity index (χ4v) is 7.37. The normalized spacial score (nSPS) is 12.1. The van der Waals surface area contributed by atoms with Gasteiger partial charge in [-0.25, -0.2) is 0 Å². The highest BCUT2D eigenvalue weighted by Crippen LogP contribution is 2.45. The Morgan fingerprint density at radius 2 is 1.04 bits per heavy atom. The molecule has 7 aromatic rings. The summed E-state index contributed by atoms with van der Waals surface area (Å²) in [5.41, 5.74) is 13.3. The van der Waals surface area contributed by atoms with Crippen LogP contribution in [0.1, 0.15) is 16.7 Å². The van der Waals surface area contributed by atoms with Crippen LogP contribution < -0.4 is 30.8 Å². The van der Waals surface area contributed by atoms with Gasteiger partial charge in [0.05, 0.1) is 23.0 Å². The molecule has 50 heavy (non-hydrogen) atoms. The lowest BCUT2D eigenvalue weighted by Crippen LogP contribution is -2.57. The van der Waals surface area contributed by atoms with Gasteiger partial charge in [-0.3, -0.25) is 0 Å². The molecule has 2 aliphatic heterocycles. The van der Waals surface area contributed by atoms with Crippen LogP contribution in [-0.2, 0) is 0 Å². The predicted molar refractivity (Wildman–Crippen MR) is 204 cm³/mol. The molecule has 236 valence electrons. The second-order valence-electron chi connectivity index (χ2n) is 13.0. The summed E-state index contributed by atoms with van der Waals surface area (Å²) < 4.78 is 13.8. The fourth-order valence-electron chi connectivity index (χ4n) is 7.37. The number of benzene rings is 7. The Bertz CT molecular complexity index is 2370. The SMILES string of the molecule is Cc1ccccc1N(c1cc2c3c(c1)Oc1cc(-c4ccccc4)ccc1B3c1ccc(-c3ccccc3)cc1O2)c1cc(C#N)ccc1C. The maximum Gasteiger partial charge on any atom is 0.260 e. The van der Waals surface area contributed by atoms with Crippen molar-refractivity contribution in [2.24, 2.45) is 0 Å². The summed E-state index contributed by atoms with van der Waals surface area (Å²) in [4.78, 5) is 2.22. The highest BCUT2D eigenvalue weighted by atomic mass is 16.5. The van der Waals surface area contributed by atoms with E-state index in [-0.39, 0.29) is 6.71 Å². The van der Waals surface area contributed by atoms with Gasteiger partial charge >= 0.3 is 0 Å². The molecular formula is C45H31BN2O2. The molecule has 0 N–H and O–H groups in total. The largest absolute Gasteiger partial charge is 0.458 e. The van der Waals surface area contributed by atoms with Crippen LogP contribution >= 0.6 is 0 Å². The molecule has 7 aromatic carbocycles. The van der Waals surface area contributed by atoms with Crippen LogP contribution in [0, 0.1) is 25.2 Å². The van der Waals surface area contributed by atoms with Crippen LogP contribution in [0.25, 0.3) is 22.3 Å². The zero-order chi connectivity index (χ0) is 33.8. The van der Waals surface area contributed by atoms with Crippen LogP contribution in [0.5, 0.6) is 23.0 Å². The zero-order valence-electron chi connectivity index (χ0n) is 27.7. The standard InChI is InChI=1S/C45H31BN2O2/c1-29-11-9-10-16-39(29)48(40-23-31(28-47)18-17-30(40)2)36-26-43-45-44(27-36)50-42-25-35(33-14-7-4-8-15-33)20-22-38(42)46(45)37-21-19-34(24-41(37)49-43)32-12-5-3-6-13-32/h3-27H,1-2H3. The van der Waals surface area contributed by atoms with Crippen molar-refractivity contribution in [3.8, 4) is 51.3 Å². The van der Waals surface area contributed by atoms with Gasteiger partial charge in [0.2, 0.25) is 0 Å². The van der Waals surface area contributed by atoms with Gasteiger partial charge in [0.25, 0.3) is 6.71 Å². The van der Waals surface area contributed by atoms with Crippen LogP contribution in [0.2, 0.25) is 0 Å². The molecular weight excluding hydrogens is 611 g/mol. The first-order valence-electron chi connectivity index (χ1n) is 16.8. The van der Waals surface area contributed by atoms with Gasteiger partial charge in [-0.1, -0.05) is 109 Å². The summed E-state index contributed by atoms with van der Waals surface area (Å²) in [6, 6.07) is 54.7. The molecule has 0 atom stereocenters. The van der Waals surface area contributed by atoms with Crippen LogP contribution in [0.4, 0.5) is 17.1 Å². The third-order valence-corrected chi connectivity index (χ3v) is 9.87. The molecule has 0 fully saturated rings. The van der Waals surface area contributed by atoms with Crippen molar-refractivity contribution in [1.29, 1.82) is 5.26 Å². The molecule has 0 amide bonds. The molecule has 2 heterocycles. The number of rotatable bonds is 5. The fraction of sp³-hybridized carbons (Fsp3) is 0.0444. The molecule has 0 saturated carbocycles. The van der Waals surface area contributed by atoms with E-state index in [4.69, 9.17) is 9.47 Å². The summed E-state index contributed by atoms with van der Waals surface area (Å²) in [6.07, 6.45) is 0. The van der Waals surface area contributed by atoms with Crippen molar-refractivity contribution >= 4 is 40.2 Å². The number of hydrogen-bond donors (Lipinski definition) is 0. The first kappa shape index (κ1) is 29.6. The maximum atomic E-state index is 9.89. The quantitative estimate of drug-likeness (QED) is 0.176. The lowest BCUT2D eigenvalue weighted by atomic mass is 9.34. The third-order valence-electron chi connectivity index (χ3n) is 9.87. The second kappa shape index (κ2) is 11.9. The average Bonchev–Trinajstić information content (AvgIpc) is 3.16. The van der Waals surface area contributed by atoms with Gasteiger partial charge in [0, 0.05) is 23.3 Å². The van der Waals surface area contributed by atoms with Crippen molar-refractivity contribution in [2.75, 3.05) is 4.90 Å². The molecule has 0 unspecified atom stereocenters. The van der Waals surface area contributed by atoms with Crippen LogP contribution in [0.15, 0.2) is 152 Å². The van der Waals surface area contributed by atoms with E-state index in [1.54, 1.807) is 0 Å². The van der Waals surface area contributed by atoms with Crippen molar-refractivity contribution in [1.82, 2.24) is 0 Å². The predicted octanol–water partition coefficient (Wildman–Crippen LogP) is 9.71. The van der Waals surface area contributed by atoms with Crippen LogP contribution in [0.3, 0.4) is 0 Å². The molecule has 5 heteroatoms. The van der Waals surface area contributed by atoms with E-state index >= 15 is 0 Å². The lowest BCUT2D eigenvalue weighted by molar-refractivity contribution is 0.465. The monoisotopic (exact) mass is 642 g/mol. The molecule has 0 bridgehead atoms. The first-order valence-corrected chi connectivity index (χ1v) is 16.8. The van der Waals surface area contributed by atoms with E-state index in [9.17, 15) is 5.26 Å². The Morgan fingerprint density at radius 1 is 0.500 bits per heavy atom. The van der Waals surface area contributed by atoms with E-state index < -0.39 is 0 Å². The highest BCUT2D eigenvalue weighted by Gasteiger charge is 2.41. The van der Waals surface area contributed by atoms with Crippen molar-refractivity contribution in [2.45, 2.75) is 13.8 Å². The average molecular weight is 643 g/mol. The number of para-hydroxylation sites is 1. The van der Waals surface area contributed by atoms with Gasteiger partial charge in [-0.2, -0.15) is 5.26 Å². The molecule has 2 aliphatic rings. The number of aryl methyl sites for hydroxylation is 2. The van der Waals surface area contributed by atoms with Crippen molar-refractivity contribution < 1.29 is 9.47 Å². The Balaban J connectivity index is 1.28. The molecule has 0 aliphatic carbocycles. The molecule has 0 aromatic heterocycles. The number of ether oxygens (including phenoxy) is 2. The van der Waals surface area contributed by atoms with Gasteiger partial charge in [0.1, 0.15) is 23.0 Å². The summed E-state index contributed by atoms with van der Waals surface area (Å²) in [6.45, 7) is 4.11. The number of hydrogen-bond acceptors (Lipinski definition) is 4. The lowest BCUT2D eigenvalue weighted by Gasteiger charge is -2.35. The number of anilines is 3. The summed E-state index contributed by atoms with van der Waals surface area (Å²) in [7, 11) is 0. The first-order chi connectivity index (χ1) is 24.6. The minimum Gasteiger partial charge on any atom is -0.458 e. The Morgan fingerprint density at radius 3 is 1.60 bits per heavy atom. The molecule has 0 radical (unpaired) electrons. The second-order valence-corrected chi connectivity index (χ2v) is 13.0. The third kappa shape index (κ3) is 4.93. The van der Waals surface area contributed by atoms with Gasteiger partial charge < -0.3 is 14.4 Å². The zero-order valence-corrected chi connectivity index (χ0v) is 27.7. The van der Waals surface area contributed by atoms with E-state index in [0.29, 0.717) is 5.56 Å². The maximum absolute atomic E-state index is 9.89. The summed E-state index contributed by atoms with van der Waals surface area (Å²) in [5.74, 6) is 3.17. The Labute approximate surface area is 292 Å². The van der Waals surface area contributed by atoms with Crippen molar-refractivity contribution in [3.63, 3.8) is 0 Å². The Hall–Kier alpha value is -6.51. The molecule has 9 rings (SSSR count). The minimum atomic E-state index is -0.0771. The van der Waals surface area contributed by atoms with Gasteiger partial charge in [-0.15, -0.1) is 0 Å². The number of nitriles is 1. The number of nitrogens with zero attached hydrogens (tertiary/aromatic N) is 2. The van der Waals surface area contributed by atoms with Crippen molar-refractivity contribution in [3.05, 3.63) is 168 Å². The highest BCUT2D eigenvalue weighted by molar-refractivity contribution is 6.98.